The van der Waals surface area contributed by atoms with Gasteiger partial charge in [-0.3, -0.25) is 0 Å². The summed E-state index contributed by atoms with van der Waals surface area (Å²) in [7, 11) is 0. The molecule has 2 rings (SSSR count). The first-order valence-electron chi connectivity index (χ1n) is 8.43. The van der Waals surface area contributed by atoms with Gasteiger partial charge >= 0.3 is 6.03 Å². The number of aryl methyl sites for hydroxylation is 1. The highest BCUT2D eigenvalue weighted by Gasteiger charge is 2.11. The number of nitrogens with one attached hydrogen (secondary N) is 2. The fourth-order valence-corrected chi connectivity index (χ4v) is 2.43. The van der Waals surface area contributed by atoms with Crippen LogP contribution in [-0.2, 0) is 0 Å². The van der Waals surface area contributed by atoms with E-state index in [1.165, 1.54) is 0 Å². The standard InChI is InChI=1S/C20H25N3O2/c1-5-25-19-11-15(4)16(12-18(19)14(2)3)13-21-23-20(24)22-17-9-7-6-8-10-17/h6-14H,5H2,1-4H3,(H2,22,23,24)/b21-13-. The second kappa shape index (κ2) is 8.87. The van der Waals surface area contributed by atoms with Gasteiger partial charge in [-0.2, -0.15) is 5.10 Å². The summed E-state index contributed by atoms with van der Waals surface area (Å²) in [6, 6.07) is 12.9. The lowest BCUT2D eigenvalue weighted by molar-refractivity contribution is 0.252. The number of hydrogen-bond donors (Lipinski definition) is 2. The summed E-state index contributed by atoms with van der Waals surface area (Å²) in [5.41, 5.74) is 6.32. The number of hydrogen-bond acceptors (Lipinski definition) is 3. The molecule has 2 aromatic rings. The maximum absolute atomic E-state index is 11.8. The number of urea groups is 1. The molecule has 2 amide bonds. The molecule has 0 saturated heterocycles. The van der Waals surface area contributed by atoms with Crippen molar-refractivity contribution in [3.8, 4) is 5.75 Å². The van der Waals surface area contributed by atoms with E-state index in [1.807, 2.05) is 50.2 Å². The number of carbonyl (C=O) groups excluding carboxylic acids is 1. The van der Waals surface area contributed by atoms with Crippen LogP contribution >= 0.6 is 0 Å². The van der Waals surface area contributed by atoms with Gasteiger partial charge in [-0.05, 0) is 60.7 Å². The summed E-state index contributed by atoms with van der Waals surface area (Å²) in [6.07, 6.45) is 1.65. The Hall–Kier alpha value is -2.82. The van der Waals surface area contributed by atoms with E-state index in [4.69, 9.17) is 4.74 Å². The second-order valence-corrected chi connectivity index (χ2v) is 6.02. The van der Waals surface area contributed by atoms with Crippen molar-refractivity contribution in [2.24, 2.45) is 5.10 Å². The minimum Gasteiger partial charge on any atom is -0.494 e. The Morgan fingerprint density at radius 3 is 2.60 bits per heavy atom. The van der Waals surface area contributed by atoms with Crippen LogP contribution < -0.4 is 15.5 Å². The molecule has 0 fully saturated rings. The molecule has 0 aliphatic heterocycles. The zero-order valence-corrected chi connectivity index (χ0v) is 15.2. The van der Waals surface area contributed by atoms with Gasteiger partial charge in [0.2, 0.25) is 0 Å². The van der Waals surface area contributed by atoms with Crippen molar-refractivity contribution in [2.45, 2.75) is 33.6 Å². The number of benzene rings is 2. The number of carbonyl (C=O) groups is 1. The summed E-state index contributed by atoms with van der Waals surface area (Å²) < 4.78 is 5.72. The van der Waals surface area contributed by atoms with Gasteiger partial charge in [0, 0.05) is 5.69 Å². The van der Waals surface area contributed by atoms with Crippen molar-refractivity contribution in [1.29, 1.82) is 0 Å². The Morgan fingerprint density at radius 2 is 1.96 bits per heavy atom. The molecule has 5 heteroatoms. The van der Waals surface area contributed by atoms with E-state index in [9.17, 15) is 4.79 Å². The van der Waals surface area contributed by atoms with E-state index in [1.54, 1.807) is 6.21 Å². The van der Waals surface area contributed by atoms with Gasteiger partial charge in [0.05, 0.1) is 12.8 Å². The van der Waals surface area contributed by atoms with E-state index in [0.29, 0.717) is 12.5 Å². The van der Waals surface area contributed by atoms with Crippen LogP contribution in [0.25, 0.3) is 0 Å². The molecular formula is C20H25N3O2. The van der Waals surface area contributed by atoms with Crippen molar-refractivity contribution in [3.63, 3.8) is 0 Å². The second-order valence-electron chi connectivity index (χ2n) is 6.02. The van der Waals surface area contributed by atoms with Gasteiger partial charge in [0.15, 0.2) is 0 Å². The first kappa shape index (κ1) is 18.5. The highest BCUT2D eigenvalue weighted by molar-refractivity contribution is 5.90. The molecule has 25 heavy (non-hydrogen) atoms. The van der Waals surface area contributed by atoms with Crippen molar-refractivity contribution in [3.05, 3.63) is 59.2 Å². The zero-order chi connectivity index (χ0) is 18.2. The Labute approximate surface area is 149 Å². The van der Waals surface area contributed by atoms with Gasteiger partial charge in [-0.15, -0.1) is 0 Å². The van der Waals surface area contributed by atoms with E-state index < -0.39 is 0 Å². The average Bonchev–Trinajstić information content (AvgIpc) is 2.57. The molecule has 0 aliphatic rings. The van der Waals surface area contributed by atoms with Crippen LogP contribution in [0.3, 0.4) is 0 Å². The Bertz CT molecular complexity index is 740. The molecule has 0 heterocycles. The van der Waals surface area contributed by atoms with Gasteiger partial charge in [0.25, 0.3) is 0 Å². The minimum atomic E-state index is -0.380. The summed E-state index contributed by atoms with van der Waals surface area (Å²) in [4.78, 5) is 11.8. The molecule has 5 nitrogen and oxygen atoms in total. The average molecular weight is 339 g/mol. The molecule has 132 valence electrons. The molecule has 0 unspecified atom stereocenters. The minimum absolute atomic E-state index is 0.337. The van der Waals surface area contributed by atoms with Crippen LogP contribution in [0.15, 0.2) is 47.6 Å². The van der Waals surface area contributed by atoms with Crippen LogP contribution in [0.2, 0.25) is 0 Å². The Morgan fingerprint density at radius 1 is 1.24 bits per heavy atom. The SMILES string of the molecule is CCOc1cc(C)c(/C=N\NC(=O)Nc2ccccc2)cc1C(C)C. The predicted octanol–water partition coefficient (Wildman–Crippen LogP) is 4.67. The summed E-state index contributed by atoms with van der Waals surface area (Å²) in [5.74, 6) is 1.24. The molecule has 0 bridgehead atoms. The number of para-hydroxylation sites is 1. The van der Waals surface area contributed by atoms with Crippen LogP contribution in [0.4, 0.5) is 10.5 Å². The monoisotopic (exact) mass is 339 g/mol. The number of nitrogens with zero attached hydrogens (tertiary/aromatic N) is 1. The van der Waals surface area contributed by atoms with E-state index in [2.05, 4.69) is 35.8 Å². The molecule has 0 aliphatic carbocycles. The van der Waals surface area contributed by atoms with E-state index in [0.717, 1.165) is 28.1 Å². The van der Waals surface area contributed by atoms with Gasteiger partial charge < -0.3 is 10.1 Å². The van der Waals surface area contributed by atoms with Gasteiger partial charge in [-0.1, -0.05) is 32.0 Å². The van der Waals surface area contributed by atoms with Crippen molar-refractivity contribution >= 4 is 17.9 Å². The number of anilines is 1. The summed E-state index contributed by atoms with van der Waals surface area (Å²) in [5, 5.41) is 6.76. The predicted molar refractivity (Wildman–Crippen MR) is 103 cm³/mol. The van der Waals surface area contributed by atoms with Crippen molar-refractivity contribution < 1.29 is 9.53 Å². The molecule has 0 saturated carbocycles. The maximum Gasteiger partial charge on any atom is 0.339 e. The summed E-state index contributed by atoms with van der Waals surface area (Å²) >= 11 is 0. The van der Waals surface area contributed by atoms with Crippen LogP contribution in [0.1, 0.15) is 43.4 Å². The lowest BCUT2D eigenvalue weighted by Gasteiger charge is -2.15. The zero-order valence-electron chi connectivity index (χ0n) is 15.2. The first-order chi connectivity index (χ1) is 12.0. The number of hydrazone groups is 1. The highest BCUT2D eigenvalue weighted by Crippen LogP contribution is 2.29. The topological polar surface area (TPSA) is 62.7 Å². The van der Waals surface area contributed by atoms with Crippen LogP contribution in [0.5, 0.6) is 5.75 Å². The lowest BCUT2D eigenvalue weighted by Crippen LogP contribution is -2.24. The third-order valence-electron chi connectivity index (χ3n) is 3.72. The molecule has 0 atom stereocenters. The van der Waals surface area contributed by atoms with Crippen LogP contribution in [0, 0.1) is 6.92 Å². The first-order valence-corrected chi connectivity index (χ1v) is 8.43. The lowest BCUT2D eigenvalue weighted by atomic mass is 9.97. The highest BCUT2D eigenvalue weighted by atomic mass is 16.5. The largest absolute Gasteiger partial charge is 0.494 e. The molecule has 2 N–H and O–H groups in total. The maximum atomic E-state index is 11.8. The quantitative estimate of drug-likeness (QED) is 0.593. The van der Waals surface area contributed by atoms with Gasteiger partial charge in [0.1, 0.15) is 5.75 Å². The van der Waals surface area contributed by atoms with Crippen LogP contribution in [-0.4, -0.2) is 18.9 Å². The Kier molecular flexibility index (Phi) is 6.57. The fraction of sp³-hybridized carbons (Fsp3) is 0.300. The molecule has 2 aromatic carbocycles. The number of amides is 2. The molecular weight excluding hydrogens is 314 g/mol. The third-order valence-corrected chi connectivity index (χ3v) is 3.72. The number of rotatable bonds is 6. The third kappa shape index (κ3) is 5.35. The molecule has 0 aromatic heterocycles. The van der Waals surface area contributed by atoms with Crippen molar-refractivity contribution in [2.75, 3.05) is 11.9 Å². The molecule has 0 radical (unpaired) electrons. The summed E-state index contributed by atoms with van der Waals surface area (Å²) in [6.45, 7) is 8.86. The fourth-order valence-electron chi connectivity index (χ4n) is 2.43. The van der Waals surface area contributed by atoms with Gasteiger partial charge in [-0.25, -0.2) is 10.2 Å². The van der Waals surface area contributed by atoms with Crippen molar-refractivity contribution in [1.82, 2.24) is 5.43 Å². The number of ether oxygens (including phenoxy) is 1. The van der Waals surface area contributed by atoms with E-state index >= 15 is 0 Å². The normalized spacial score (nSPS) is 10.9. The van der Waals surface area contributed by atoms with E-state index in [-0.39, 0.29) is 6.03 Å². The Balaban J connectivity index is 2.07. The molecule has 0 spiro atoms. The smallest absolute Gasteiger partial charge is 0.339 e.